The molecule has 19 heavy (non-hydrogen) atoms. The average Bonchev–Trinajstić information content (AvgIpc) is 2.83. The van der Waals surface area contributed by atoms with Gasteiger partial charge in [0.1, 0.15) is 0 Å². The fourth-order valence-corrected chi connectivity index (χ4v) is 5.59. The van der Waals surface area contributed by atoms with Crippen LogP contribution in [0.3, 0.4) is 0 Å². The molecular weight excluding hydrogens is 308 g/mol. The minimum absolute atomic E-state index is 0.0722. The molecule has 5 nitrogen and oxygen atoms in total. The first-order valence-electron chi connectivity index (χ1n) is 6.04. The minimum atomic E-state index is -3.79. The number of aromatic nitrogens is 1. The third-order valence-electron chi connectivity index (χ3n) is 3.11. The lowest BCUT2D eigenvalue weighted by Crippen LogP contribution is -2.32. The SMILES string of the molecule is CCCC1CC(=O)N(S(=O)(=O)c2sc(Cl)nc2C)C1. The van der Waals surface area contributed by atoms with Crippen molar-refractivity contribution in [3.63, 3.8) is 0 Å². The average molecular weight is 323 g/mol. The van der Waals surface area contributed by atoms with E-state index in [0.717, 1.165) is 28.5 Å². The summed E-state index contributed by atoms with van der Waals surface area (Å²) < 4.78 is 26.1. The van der Waals surface area contributed by atoms with E-state index in [1.54, 1.807) is 6.92 Å². The second kappa shape index (κ2) is 5.38. The highest BCUT2D eigenvalue weighted by Crippen LogP contribution is 2.33. The van der Waals surface area contributed by atoms with Gasteiger partial charge in [-0.2, -0.15) is 0 Å². The molecule has 1 unspecified atom stereocenters. The monoisotopic (exact) mass is 322 g/mol. The lowest BCUT2D eigenvalue weighted by Gasteiger charge is -2.16. The molecule has 1 aromatic rings. The summed E-state index contributed by atoms with van der Waals surface area (Å²) in [5.74, 6) is -0.210. The molecule has 2 rings (SSSR count). The Balaban J connectivity index is 2.31. The molecule has 1 atom stereocenters. The number of hydrogen-bond acceptors (Lipinski definition) is 5. The summed E-state index contributed by atoms with van der Waals surface area (Å²) in [7, 11) is -3.79. The number of sulfonamides is 1. The predicted molar refractivity (Wildman–Crippen MR) is 73.8 cm³/mol. The van der Waals surface area contributed by atoms with Gasteiger partial charge in [0, 0.05) is 13.0 Å². The molecule has 8 heteroatoms. The molecule has 1 aliphatic heterocycles. The first-order valence-corrected chi connectivity index (χ1v) is 8.68. The maximum atomic E-state index is 12.4. The number of nitrogens with zero attached hydrogens (tertiary/aromatic N) is 2. The van der Waals surface area contributed by atoms with Crippen LogP contribution in [0.2, 0.25) is 4.47 Å². The highest BCUT2D eigenvalue weighted by Gasteiger charge is 2.39. The number of carbonyl (C=O) groups excluding carboxylic acids is 1. The van der Waals surface area contributed by atoms with Gasteiger partial charge in [0.15, 0.2) is 8.68 Å². The second-order valence-electron chi connectivity index (χ2n) is 4.63. The van der Waals surface area contributed by atoms with Gasteiger partial charge in [-0.25, -0.2) is 17.7 Å². The van der Waals surface area contributed by atoms with E-state index in [-0.39, 0.29) is 27.0 Å². The molecule has 0 bridgehead atoms. The van der Waals surface area contributed by atoms with Crippen molar-refractivity contribution in [2.24, 2.45) is 5.92 Å². The fourth-order valence-electron chi connectivity index (χ4n) is 2.27. The Labute approximate surface area is 121 Å². The second-order valence-corrected chi connectivity index (χ2v) is 8.27. The van der Waals surface area contributed by atoms with Crippen LogP contribution in [0, 0.1) is 12.8 Å². The van der Waals surface area contributed by atoms with Gasteiger partial charge in [0.2, 0.25) is 5.91 Å². The van der Waals surface area contributed by atoms with Gasteiger partial charge < -0.3 is 0 Å². The molecular formula is C11H15ClN2O3S2. The van der Waals surface area contributed by atoms with E-state index in [1.807, 2.05) is 6.92 Å². The van der Waals surface area contributed by atoms with Crippen molar-refractivity contribution in [2.75, 3.05) is 6.54 Å². The number of halogens is 1. The summed E-state index contributed by atoms with van der Waals surface area (Å²) in [5.41, 5.74) is 0.349. The van der Waals surface area contributed by atoms with Crippen LogP contribution in [0.5, 0.6) is 0 Å². The molecule has 1 aromatic heterocycles. The Morgan fingerprint density at radius 3 is 2.74 bits per heavy atom. The topological polar surface area (TPSA) is 67.3 Å². The number of carbonyl (C=O) groups is 1. The van der Waals surface area contributed by atoms with Crippen LogP contribution in [0.1, 0.15) is 31.9 Å². The Morgan fingerprint density at radius 2 is 2.21 bits per heavy atom. The van der Waals surface area contributed by atoms with Crippen molar-refractivity contribution in [3.8, 4) is 0 Å². The summed E-state index contributed by atoms with van der Waals surface area (Å²) in [5, 5.41) is 0. The van der Waals surface area contributed by atoms with Crippen molar-refractivity contribution in [1.82, 2.24) is 9.29 Å². The molecule has 0 aromatic carbocycles. The molecule has 1 saturated heterocycles. The third-order valence-corrected chi connectivity index (χ3v) is 6.75. The van der Waals surface area contributed by atoms with Gasteiger partial charge in [0.05, 0.1) is 5.69 Å². The molecule has 0 saturated carbocycles. The maximum absolute atomic E-state index is 12.4. The molecule has 0 N–H and O–H groups in total. The van der Waals surface area contributed by atoms with E-state index in [4.69, 9.17) is 11.6 Å². The molecule has 2 heterocycles. The van der Waals surface area contributed by atoms with Crippen molar-refractivity contribution in [1.29, 1.82) is 0 Å². The van der Waals surface area contributed by atoms with Gasteiger partial charge in [0.25, 0.3) is 10.0 Å². The summed E-state index contributed by atoms with van der Waals surface area (Å²) in [6.45, 7) is 3.87. The number of aryl methyl sites for hydroxylation is 1. The smallest absolute Gasteiger partial charge is 0.274 e. The zero-order valence-corrected chi connectivity index (χ0v) is 13.1. The summed E-state index contributed by atoms with van der Waals surface area (Å²) >= 11 is 6.63. The largest absolute Gasteiger partial charge is 0.277 e. The molecule has 1 amide bonds. The Morgan fingerprint density at radius 1 is 1.53 bits per heavy atom. The first kappa shape index (κ1) is 14.7. The van der Waals surface area contributed by atoms with Crippen LogP contribution in [-0.4, -0.2) is 30.2 Å². The van der Waals surface area contributed by atoms with Crippen LogP contribution in [0.4, 0.5) is 0 Å². The Hall–Kier alpha value is -0.660. The van der Waals surface area contributed by atoms with Gasteiger partial charge in [-0.15, -0.1) is 0 Å². The van der Waals surface area contributed by atoms with E-state index >= 15 is 0 Å². The zero-order valence-electron chi connectivity index (χ0n) is 10.7. The van der Waals surface area contributed by atoms with Crippen LogP contribution < -0.4 is 0 Å². The summed E-state index contributed by atoms with van der Waals surface area (Å²) in [6.07, 6.45) is 2.11. The standard InChI is InChI=1S/C11H15ClN2O3S2/c1-3-4-8-5-9(15)14(6-8)19(16,17)10-7(2)13-11(12)18-10/h8H,3-6H2,1-2H3. The molecule has 106 valence electrons. The van der Waals surface area contributed by atoms with Crippen molar-refractivity contribution in [3.05, 3.63) is 10.2 Å². The highest BCUT2D eigenvalue weighted by molar-refractivity contribution is 7.91. The van der Waals surface area contributed by atoms with E-state index in [0.29, 0.717) is 12.1 Å². The van der Waals surface area contributed by atoms with E-state index in [1.165, 1.54) is 0 Å². The number of hydrogen-bond donors (Lipinski definition) is 0. The van der Waals surface area contributed by atoms with E-state index in [9.17, 15) is 13.2 Å². The predicted octanol–water partition coefficient (Wildman–Crippen LogP) is 2.44. The molecule has 0 spiro atoms. The Bertz CT molecular complexity index is 597. The maximum Gasteiger partial charge on any atom is 0.277 e. The quantitative estimate of drug-likeness (QED) is 0.854. The van der Waals surface area contributed by atoms with Crippen LogP contribution in [0.25, 0.3) is 0 Å². The van der Waals surface area contributed by atoms with Gasteiger partial charge >= 0.3 is 0 Å². The zero-order chi connectivity index (χ0) is 14.2. The van der Waals surface area contributed by atoms with Gasteiger partial charge in [-0.05, 0) is 19.3 Å². The summed E-state index contributed by atoms with van der Waals surface area (Å²) in [6, 6.07) is 0. The first-order chi connectivity index (χ1) is 8.86. The van der Waals surface area contributed by atoms with Crippen molar-refractivity contribution in [2.45, 2.75) is 37.3 Å². The molecule has 1 aliphatic rings. The van der Waals surface area contributed by atoms with Crippen LogP contribution in [0.15, 0.2) is 4.21 Å². The van der Waals surface area contributed by atoms with Gasteiger partial charge in [-0.3, -0.25) is 4.79 Å². The van der Waals surface area contributed by atoms with Crippen LogP contribution >= 0.6 is 22.9 Å². The third kappa shape index (κ3) is 2.78. The molecule has 1 fully saturated rings. The highest BCUT2D eigenvalue weighted by atomic mass is 35.5. The molecule has 0 aliphatic carbocycles. The Kier molecular flexibility index (Phi) is 4.17. The lowest BCUT2D eigenvalue weighted by molar-refractivity contribution is -0.123. The number of amides is 1. The van der Waals surface area contributed by atoms with E-state index in [2.05, 4.69) is 4.98 Å². The molecule has 0 radical (unpaired) electrons. The summed E-state index contributed by atoms with van der Waals surface area (Å²) in [4.78, 5) is 15.8. The van der Waals surface area contributed by atoms with Crippen LogP contribution in [-0.2, 0) is 14.8 Å². The van der Waals surface area contributed by atoms with Crippen molar-refractivity contribution < 1.29 is 13.2 Å². The van der Waals surface area contributed by atoms with Crippen molar-refractivity contribution >= 4 is 38.9 Å². The van der Waals surface area contributed by atoms with E-state index < -0.39 is 10.0 Å². The lowest BCUT2D eigenvalue weighted by atomic mass is 10.0. The minimum Gasteiger partial charge on any atom is -0.274 e. The normalized spacial score (nSPS) is 20.3. The number of rotatable bonds is 4. The number of thiazole rings is 1. The van der Waals surface area contributed by atoms with Gasteiger partial charge in [-0.1, -0.05) is 36.3 Å². The fraction of sp³-hybridized carbons (Fsp3) is 0.636.